The van der Waals surface area contributed by atoms with Crippen molar-refractivity contribution in [3.63, 3.8) is 0 Å². The van der Waals surface area contributed by atoms with Crippen LogP contribution in [0.2, 0.25) is 0 Å². The van der Waals surface area contributed by atoms with Crippen LogP contribution >= 0.6 is 12.4 Å². The highest BCUT2D eigenvalue weighted by Crippen LogP contribution is 2.24. The third-order valence-electron chi connectivity index (χ3n) is 2.48. The number of aliphatic hydroxyl groups is 1. The average molecular weight is 224 g/mol. The van der Waals surface area contributed by atoms with Crippen LogP contribution in [-0.2, 0) is 9.53 Å². The minimum atomic E-state index is -0.453. The summed E-state index contributed by atoms with van der Waals surface area (Å²) in [6, 6.07) is -0.275. The summed E-state index contributed by atoms with van der Waals surface area (Å²) < 4.78 is 4.89. The van der Waals surface area contributed by atoms with E-state index in [4.69, 9.17) is 10.5 Å². The molecule has 1 aliphatic rings. The van der Waals surface area contributed by atoms with E-state index in [0.29, 0.717) is 25.9 Å². The number of hydrogen-bond donors (Lipinski definition) is 2. The molecule has 0 aromatic carbocycles. The summed E-state index contributed by atoms with van der Waals surface area (Å²) in [5.41, 5.74) is 5.64. The summed E-state index contributed by atoms with van der Waals surface area (Å²) in [6.45, 7) is 2.20. The van der Waals surface area contributed by atoms with Crippen LogP contribution in [0, 0.1) is 5.92 Å². The summed E-state index contributed by atoms with van der Waals surface area (Å²) in [7, 11) is 0. The van der Waals surface area contributed by atoms with Crippen LogP contribution in [0.5, 0.6) is 0 Å². The van der Waals surface area contributed by atoms with Crippen molar-refractivity contribution in [3.05, 3.63) is 0 Å². The summed E-state index contributed by atoms with van der Waals surface area (Å²) in [4.78, 5) is 11.3. The fraction of sp³-hybridized carbons (Fsp3) is 0.889. The lowest BCUT2D eigenvalue weighted by molar-refractivity contribution is -0.150. The van der Waals surface area contributed by atoms with Crippen molar-refractivity contribution >= 4 is 18.4 Å². The Morgan fingerprint density at radius 1 is 1.57 bits per heavy atom. The second-order valence-electron chi connectivity index (χ2n) is 3.49. The quantitative estimate of drug-likeness (QED) is 0.668. The summed E-state index contributed by atoms with van der Waals surface area (Å²) in [5.74, 6) is -0.289. The van der Waals surface area contributed by atoms with Crippen molar-refractivity contribution in [1.29, 1.82) is 0 Å². The first-order chi connectivity index (χ1) is 6.15. The molecule has 84 valence electrons. The first kappa shape index (κ1) is 13.7. The van der Waals surface area contributed by atoms with E-state index >= 15 is 0 Å². The zero-order chi connectivity index (χ0) is 9.84. The average Bonchev–Trinajstić information content (AvgIpc) is 2.10. The van der Waals surface area contributed by atoms with Crippen LogP contribution in [0.15, 0.2) is 0 Å². The van der Waals surface area contributed by atoms with E-state index in [2.05, 4.69) is 0 Å². The van der Waals surface area contributed by atoms with E-state index in [-0.39, 0.29) is 30.3 Å². The molecule has 3 atom stereocenters. The second kappa shape index (κ2) is 6.22. The number of rotatable bonds is 2. The molecule has 4 nitrogen and oxygen atoms in total. The van der Waals surface area contributed by atoms with Gasteiger partial charge in [0, 0.05) is 6.04 Å². The van der Waals surface area contributed by atoms with Gasteiger partial charge in [-0.3, -0.25) is 4.79 Å². The van der Waals surface area contributed by atoms with Crippen molar-refractivity contribution in [3.8, 4) is 0 Å². The maximum Gasteiger partial charge on any atom is 0.308 e. The Balaban J connectivity index is 0.00000169. The van der Waals surface area contributed by atoms with Crippen molar-refractivity contribution in [1.82, 2.24) is 0 Å². The van der Waals surface area contributed by atoms with Crippen LogP contribution in [0.3, 0.4) is 0 Å². The third-order valence-corrected chi connectivity index (χ3v) is 2.48. The number of hydrogen-bond acceptors (Lipinski definition) is 4. The molecule has 0 heterocycles. The van der Waals surface area contributed by atoms with Crippen LogP contribution in [0.4, 0.5) is 0 Å². The van der Waals surface area contributed by atoms with Crippen molar-refractivity contribution in [2.75, 3.05) is 6.61 Å². The van der Waals surface area contributed by atoms with Gasteiger partial charge < -0.3 is 15.6 Å². The molecule has 14 heavy (non-hydrogen) atoms. The van der Waals surface area contributed by atoms with Gasteiger partial charge in [0.05, 0.1) is 18.6 Å². The Bertz CT molecular complexity index is 189. The zero-order valence-corrected chi connectivity index (χ0v) is 9.13. The van der Waals surface area contributed by atoms with E-state index in [1.54, 1.807) is 6.92 Å². The standard InChI is InChI=1S/C9H17NO3.ClH/c1-2-13-9(12)6-3-4-8(11)7(10)5-6;/h6-8,11H,2-5,10H2,1H3;1H/t6-,7+,8+;/m0./s1. The number of esters is 1. The molecule has 0 aromatic heterocycles. The third kappa shape index (κ3) is 3.44. The first-order valence-corrected chi connectivity index (χ1v) is 4.75. The molecule has 0 saturated heterocycles. The van der Waals surface area contributed by atoms with Gasteiger partial charge in [0.15, 0.2) is 0 Å². The molecule has 1 saturated carbocycles. The highest BCUT2D eigenvalue weighted by atomic mass is 35.5. The fourth-order valence-corrected chi connectivity index (χ4v) is 1.66. The second-order valence-corrected chi connectivity index (χ2v) is 3.49. The monoisotopic (exact) mass is 223 g/mol. The lowest BCUT2D eigenvalue weighted by atomic mass is 9.84. The Labute approximate surface area is 90.2 Å². The van der Waals surface area contributed by atoms with Crippen molar-refractivity contribution in [2.24, 2.45) is 11.7 Å². The minimum Gasteiger partial charge on any atom is -0.466 e. The van der Waals surface area contributed by atoms with E-state index in [1.807, 2.05) is 0 Å². The molecule has 1 aliphatic carbocycles. The summed E-state index contributed by atoms with van der Waals surface area (Å²) >= 11 is 0. The highest BCUT2D eigenvalue weighted by Gasteiger charge is 2.31. The normalized spacial score (nSPS) is 31.8. The molecule has 0 unspecified atom stereocenters. The predicted molar refractivity (Wildman–Crippen MR) is 55.2 cm³/mol. The topological polar surface area (TPSA) is 72.5 Å². The molecular formula is C9H18ClNO3. The van der Waals surface area contributed by atoms with Gasteiger partial charge in [-0.25, -0.2) is 0 Å². The van der Waals surface area contributed by atoms with Gasteiger partial charge in [-0.15, -0.1) is 12.4 Å². The molecular weight excluding hydrogens is 206 g/mol. The Kier molecular flexibility index (Phi) is 6.08. The van der Waals surface area contributed by atoms with Gasteiger partial charge in [0.1, 0.15) is 0 Å². The molecule has 0 bridgehead atoms. The molecule has 5 heteroatoms. The van der Waals surface area contributed by atoms with Gasteiger partial charge in [-0.05, 0) is 26.2 Å². The minimum absolute atomic E-state index is 0. The summed E-state index contributed by atoms with van der Waals surface area (Å²) in [5, 5.41) is 9.33. The lowest BCUT2D eigenvalue weighted by Crippen LogP contribution is -2.42. The molecule has 0 amide bonds. The largest absolute Gasteiger partial charge is 0.466 e. The van der Waals surface area contributed by atoms with E-state index in [1.165, 1.54) is 0 Å². The van der Waals surface area contributed by atoms with Crippen LogP contribution in [0.25, 0.3) is 0 Å². The van der Waals surface area contributed by atoms with Crippen molar-refractivity contribution < 1.29 is 14.6 Å². The molecule has 1 fully saturated rings. The Hall–Kier alpha value is -0.320. The number of halogens is 1. The molecule has 3 N–H and O–H groups in total. The fourth-order valence-electron chi connectivity index (χ4n) is 1.66. The molecule has 0 aliphatic heterocycles. The lowest BCUT2D eigenvalue weighted by Gasteiger charge is -2.29. The van der Waals surface area contributed by atoms with E-state index < -0.39 is 6.10 Å². The van der Waals surface area contributed by atoms with Crippen molar-refractivity contribution in [2.45, 2.75) is 38.3 Å². The maximum absolute atomic E-state index is 11.3. The number of aliphatic hydroxyl groups excluding tert-OH is 1. The van der Waals surface area contributed by atoms with Gasteiger partial charge in [-0.2, -0.15) is 0 Å². The van der Waals surface area contributed by atoms with Gasteiger partial charge in [0.2, 0.25) is 0 Å². The maximum atomic E-state index is 11.3. The van der Waals surface area contributed by atoms with Gasteiger partial charge in [0.25, 0.3) is 0 Å². The van der Waals surface area contributed by atoms with E-state index in [0.717, 1.165) is 0 Å². The summed E-state index contributed by atoms with van der Waals surface area (Å²) in [6.07, 6.45) is 1.38. The Morgan fingerprint density at radius 2 is 2.21 bits per heavy atom. The van der Waals surface area contributed by atoms with Gasteiger partial charge in [-0.1, -0.05) is 0 Å². The SMILES string of the molecule is CCOC(=O)[C@H]1CC[C@@H](O)[C@H](N)C1.Cl. The van der Waals surface area contributed by atoms with Crippen LogP contribution < -0.4 is 5.73 Å². The molecule has 0 spiro atoms. The van der Waals surface area contributed by atoms with E-state index in [9.17, 15) is 9.90 Å². The zero-order valence-electron chi connectivity index (χ0n) is 8.31. The number of nitrogens with two attached hydrogens (primary N) is 1. The predicted octanol–water partition coefficient (Wildman–Crippen LogP) is 0.460. The smallest absolute Gasteiger partial charge is 0.308 e. The Morgan fingerprint density at radius 3 is 2.71 bits per heavy atom. The molecule has 0 radical (unpaired) electrons. The number of carbonyl (C=O) groups excluding carboxylic acids is 1. The van der Waals surface area contributed by atoms with Crippen LogP contribution in [0.1, 0.15) is 26.2 Å². The molecule has 0 aromatic rings. The van der Waals surface area contributed by atoms with Gasteiger partial charge >= 0.3 is 5.97 Å². The number of ether oxygens (including phenoxy) is 1. The number of carbonyl (C=O) groups is 1. The van der Waals surface area contributed by atoms with Crippen LogP contribution in [-0.4, -0.2) is 29.8 Å². The molecule has 1 rings (SSSR count). The first-order valence-electron chi connectivity index (χ1n) is 4.75. The highest BCUT2D eigenvalue weighted by molar-refractivity contribution is 5.85.